The van der Waals surface area contributed by atoms with Crippen LogP contribution in [0.4, 0.5) is 0 Å². The van der Waals surface area contributed by atoms with Crippen molar-refractivity contribution in [3.05, 3.63) is 17.0 Å². The van der Waals surface area contributed by atoms with Gasteiger partial charge in [-0.15, -0.1) is 0 Å². The van der Waals surface area contributed by atoms with E-state index in [1.54, 1.807) is 0 Å². The maximum absolute atomic E-state index is 10.2. The first-order chi connectivity index (χ1) is 7.11. The van der Waals surface area contributed by atoms with Crippen LogP contribution in [-0.2, 0) is 11.3 Å². The molecule has 5 heteroatoms. The van der Waals surface area contributed by atoms with Crippen LogP contribution in [0.2, 0.25) is 0 Å². The molecule has 0 aliphatic heterocycles. The lowest BCUT2D eigenvalue weighted by molar-refractivity contribution is -0.137. The molecule has 0 aliphatic carbocycles. The molecule has 0 aromatic carbocycles. The number of carboxylic acids is 1. The highest BCUT2D eigenvalue weighted by molar-refractivity contribution is 5.66. The number of hydrogen-bond acceptors (Lipinski definition) is 4. The highest BCUT2D eigenvalue weighted by Gasteiger charge is 2.07. The van der Waals surface area contributed by atoms with E-state index >= 15 is 0 Å². The Morgan fingerprint density at radius 3 is 2.80 bits per heavy atom. The van der Waals surface area contributed by atoms with Crippen LogP contribution in [0.5, 0.6) is 0 Å². The summed E-state index contributed by atoms with van der Waals surface area (Å²) in [5.74, 6) is 0.0624. The molecule has 0 spiro atoms. The van der Waals surface area contributed by atoms with Gasteiger partial charge in [-0.1, -0.05) is 5.16 Å². The fraction of sp³-hybridized carbons (Fsp3) is 0.600. The number of aliphatic carboxylic acids is 1. The number of aromatic nitrogens is 1. The monoisotopic (exact) mass is 212 g/mol. The Morgan fingerprint density at radius 2 is 2.27 bits per heavy atom. The van der Waals surface area contributed by atoms with Gasteiger partial charge in [0.25, 0.3) is 0 Å². The maximum Gasteiger partial charge on any atom is 0.303 e. The van der Waals surface area contributed by atoms with Gasteiger partial charge in [-0.2, -0.15) is 0 Å². The quantitative estimate of drug-likeness (QED) is 0.694. The second kappa shape index (κ2) is 5.50. The number of carboxylic acid groups (broad SMARTS) is 1. The second-order valence-electron chi connectivity index (χ2n) is 3.48. The molecule has 5 nitrogen and oxygen atoms in total. The molecule has 0 aliphatic rings. The molecule has 1 heterocycles. The van der Waals surface area contributed by atoms with Gasteiger partial charge in [0.1, 0.15) is 5.76 Å². The first kappa shape index (κ1) is 11.7. The summed E-state index contributed by atoms with van der Waals surface area (Å²) in [5, 5.41) is 15.4. The molecule has 0 atom stereocenters. The van der Waals surface area contributed by atoms with Gasteiger partial charge >= 0.3 is 5.97 Å². The van der Waals surface area contributed by atoms with E-state index in [1.807, 2.05) is 13.8 Å². The normalized spacial score (nSPS) is 10.5. The van der Waals surface area contributed by atoms with E-state index < -0.39 is 5.97 Å². The van der Waals surface area contributed by atoms with Gasteiger partial charge in [0.05, 0.1) is 5.69 Å². The molecule has 0 radical (unpaired) electrons. The molecule has 1 aromatic rings. The van der Waals surface area contributed by atoms with Gasteiger partial charge in [-0.25, -0.2) is 0 Å². The van der Waals surface area contributed by atoms with Crippen LogP contribution in [0.15, 0.2) is 4.52 Å². The Hall–Kier alpha value is -1.36. The molecular formula is C10H16N2O3. The van der Waals surface area contributed by atoms with E-state index in [4.69, 9.17) is 9.63 Å². The minimum absolute atomic E-state index is 0.203. The number of nitrogens with one attached hydrogen (secondary N) is 1. The van der Waals surface area contributed by atoms with Gasteiger partial charge in [-0.05, 0) is 26.8 Å². The molecule has 0 amide bonds. The molecule has 1 aromatic heterocycles. The SMILES string of the molecule is Cc1noc(C)c1CNCCCC(=O)O. The standard InChI is InChI=1S/C10H16N2O3/c1-7-9(8(2)15-12-7)6-11-5-3-4-10(13)14/h11H,3-6H2,1-2H3,(H,13,14). The van der Waals surface area contributed by atoms with Crippen molar-refractivity contribution in [1.82, 2.24) is 10.5 Å². The fourth-order valence-electron chi connectivity index (χ4n) is 1.33. The Bertz CT molecular complexity index is 314. The molecule has 1 rings (SSSR count). The van der Waals surface area contributed by atoms with Crippen LogP contribution in [0.1, 0.15) is 29.9 Å². The third kappa shape index (κ3) is 3.71. The lowest BCUT2D eigenvalue weighted by atomic mass is 10.2. The molecule has 0 saturated heterocycles. The third-order valence-corrected chi connectivity index (χ3v) is 2.23. The lowest BCUT2D eigenvalue weighted by Gasteiger charge is -2.02. The summed E-state index contributed by atoms with van der Waals surface area (Å²) in [6, 6.07) is 0. The van der Waals surface area contributed by atoms with Crippen LogP contribution in [0.3, 0.4) is 0 Å². The van der Waals surface area contributed by atoms with Gasteiger partial charge in [-0.3, -0.25) is 4.79 Å². The summed E-state index contributed by atoms with van der Waals surface area (Å²) in [4.78, 5) is 10.2. The van der Waals surface area contributed by atoms with Crippen molar-refractivity contribution in [1.29, 1.82) is 0 Å². The van der Waals surface area contributed by atoms with E-state index in [9.17, 15) is 4.79 Å². The zero-order valence-corrected chi connectivity index (χ0v) is 9.04. The van der Waals surface area contributed by atoms with E-state index in [0.717, 1.165) is 17.0 Å². The van der Waals surface area contributed by atoms with Crippen LogP contribution < -0.4 is 5.32 Å². The minimum atomic E-state index is -0.755. The number of aryl methyl sites for hydroxylation is 2. The zero-order chi connectivity index (χ0) is 11.3. The van der Waals surface area contributed by atoms with Crippen LogP contribution in [0, 0.1) is 13.8 Å². The van der Waals surface area contributed by atoms with Gasteiger partial charge in [0.15, 0.2) is 0 Å². The first-order valence-corrected chi connectivity index (χ1v) is 4.95. The Labute approximate surface area is 88.5 Å². The topological polar surface area (TPSA) is 75.4 Å². The second-order valence-corrected chi connectivity index (χ2v) is 3.48. The van der Waals surface area contributed by atoms with Crippen molar-refractivity contribution in [2.24, 2.45) is 0 Å². The molecule has 0 bridgehead atoms. The van der Waals surface area contributed by atoms with Crippen LogP contribution in [0.25, 0.3) is 0 Å². The molecule has 0 saturated carbocycles. The highest BCUT2D eigenvalue weighted by atomic mass is 16.5. The number of nitrogens with zero attached hydrogens (tertiary/aromatic N) is 1. The summed E-state index contributed by atoms with van der Waals surface area (Å²) in [6.45, 7) is 5.14. The Balaban J connectivity index is 2.23. The summed E-state index contributed by atoms with van der Waals surface area (Å²) in [7, 11) is 0. The van der Waals surface area contributed by atoms with Crippen molar-refractivity contribution < 1.29 is 14.4 Å². The lowest BCUT2D eigenvalue weighted by Crippen LogP contribution is -2.16. The average Bonchev–Trinajstić information content (AvgIpc) is 2.47. The molecule has 0 fully saturated rings. The van der Waals surface area contributed by atoms with Gasteiger partial charge in [0, 0.05) is 18.5 Å². The van der Waals surface area contributed by atoms with Crippen molar-refractivity contribution in [2.45, 2.75) is 33.2 Å². The predicted octanol–water partition coefficient (Wildman–Crippen LogP) is 1.25. The summed E-state index contributed by atoms with van der Waals surface area (Å²) < 4.78 is 5.01. The Morgan fingerprint density at radius 1 is 1.53 bits per heavy atom. The molecule has 84 valence electrons. The molecular weight excluding hydrogens is 196 g/mol. The van der Waals surface area contributed by atoms with E-state index in [2.05, 4.69) is 10.5 Å². The average molecular weight is 212 g/mol. The minimum Gasteiger partial charge on any atom is -0.481 e. The fourth-order valence-corrected chi connectivity index (χ4v) is 1.33. The Kier molecular flexibility index (Phi) is 4.30. The third-order valence-electron chi connectivity index (χ3n) is 2.23. The van der Waals surface area contributed by atoms with Gasteiger partial charge < -0.3 is 14.9 Å². The van der Waals surface area contributed by atoms with E-state index in [-0.39, 0.29) is 6.42 Å². The van der Waals surface area contributed by atoms with Gasteiger partial charge in [0.2, 0.25) is 0 Å². The number of rotatable bonds is 6. The number of hydrogen-bond donors (Lipinski definition) is 2. The molecule has 2 N–H and O–H groups in total. The zero-order valence-electron chi connectivity index (χ0n) is 9.04. The summed E-state index contributed by atoms with van der Waals surface area (Å²) in [5.41, 5.74) is 1.95. The summed E-state index contributed by atoms with van der Waals surface area (Å²) in [6.07, 6.45) is 0.841. The molecule has 0 unspecified atom stereocenters. The smallest absolute Gasteiger partial charge is 0.303 e. The van der Waals surface area contributed by atoms with E-state index in [1.165, 1.54) is 0 Å². The van der Waals surface area contributed by atoms with Crippen molar-refractivity contribution in [3.63, 3.8) is 0 Å². The first-order valence-electron chi connectivity index (χ1n) is 4.95. The number of carbonyl (C=O) groups is 1. The van der Waals surface area contributed by atoms with E-state index in [0.29, 0.717) is 19.5 Å². The largest absolute Gasteiger partial charge is 0.481 e. The predicted molar refractivity (Wildman–Crippen MR) is 54.6 cm³/mol. The van der Waals surface area contributed by atoms with Crippen LogP contribution in [-0.4, -0.2) is 22.8 Å². The summed E-state index contributed by atoms with van der Waals surface area (Å²) >= 11 is 0. The molecule has 15 heavy (non-hydrogen) atoms. The van der Waals surface area contributed by atoms with Crippen molar-refractivity contribution >= 4 is 5.97 Å². The van der Waals surface area contributed by atoms with Crippen molar-refractivity contribution in [3.8, 4) is 0 Å². The highest BCUT2D eigenvalue weighted by Crippen LogP contribution is 2.11. The van der Waals surface area contributed by atoms with Crippen molar-refractivity contribution in [2.75, 3.05) is 6.54 Å². The van der Waals surface area contributed by atoms with Crippen LogP contribution >= 0.6 is 0 Å². The maximum atomic E-state index is 10.2.